The Morgan fingerprint density at radius 3 is 2.11 bits per heavy atom. The minimum absolute atomic E-state index is 0.138. The quantitative estimate of drug-likeness (QED) is 0.296. The van der Waals surface area contributed by atoms with Gasteiger partial charge in [-0.1, -0.05) is 0 Å². The summed E-state index contributed by atoms with van der Waals surface area (Å²) in [4.78, 5) is 40.7. The van der Waals surface area contributed by atoms with Gasteiger partial charge in [0.2, 0.25) is 11.8 Å². The van der Waals surface area contributed by atoms with E-state index in [1.165, 1.54) is 0 Å². The number of nitrogens with one attached hydrogen (secondary N) is 2. The molecule has 19 heavy (non-hydrogen) atoms. The number of carbonyl (C=O) groups is 2. The van der Waals surface area contributed by atoms with E-state index in [4.69, 9.17) is 38.7 Å². The molecule has 6 N–H and O–H groups in total. The van der Waals surface area contributed by atoms with Crippen molar-refractivity contribution in [2.45, 2.75) is 24.8 Å². The van der Waals surface area contributed by atoms with Gasteiger partial charge in [0.25, 0.3) is 0 Å². The van der Waals surface area contributed by atoms with E-state index in [1.54, 1.807) is 0 Å². The predicted octanol–water partition coefficient (Wildman–Crippen LogP) is -1.08. The van der Waals surface area contributed by atoms with Gasteiger partial charge < -0.3 is 26.2 Å². The summed E-state index contributed by atoms with van der Waals surface area (Å²) in [6.07, 6.45) is 0. The second-order valence-electron chi connectivity index (χ2n) is 3.75. The molecule has 0 spiro atoms. The van der Waals surface area contributed by atoms with E-state index in [0.717, 1.165) is 6.92 Å². The molecular formula is C8H16Cl2N3O5P. The van der Waals surface area contributed by atoms with Crippen molar-refractivity contribution in [1.29, 1.82) is 0 Å². The number of hydrogen-bond donors (Lipinski definition) is 5. The SMILES string of the molecule is C[C@H](NC(=O)[C@H](CCl)NC(=O)[C@@H](N)CCl)P(=O)(O)O. The molecule has 0 radical (unpaired) electrons. The maximum absolute atomic E-state index is 11.7. The zero-order valence-corrected chi connectivity index (χ0v) is 12.5. The molecule has 0 aromatic carbocycles. The van der Waals surface area contributed by atoms with Crippen molar-refractivity contribution in [3.8, 4) is 0 Å². The number of halogens is 2. The summed E-state index contributed by atoms with van der Waals surface area (Å²) >= 11 is 10.9. The number of rotatable bonds is 7. The molecule has 0 saturated heterocycles. The third kappa shape index (κ3) is 6.56. The summed E-state index contributed by atoms with van der Waals surface area (Å²) in [7, 11) is -4.45. The van der Waals surface area contributed by atoms with Gasteiger partial charge in [-0.3, -0.25) is 14.2 Å². The predicted molar refractivity (Wildman–Crippen MR) is 71.0 cm³/mol. The van der Waals surface area contributed by atoms with Crippen LogP contribution in [-0.2, 0) is 14.2 Å². The van der Waals surface area contributed by atoms with Crippen LogP contribution in [0.3, 0.4) is 0 Å². The fourth-order valence-corrected chi connectivity index (χ4v) is 1.57. The van der Waals surface area contributed by atoms with Crippen LogP contribution in [0.15, 0.2) is 0 Å². The fraction of sp³-hybridized carbons (Fsp3) is 0.750. The number of alkyl halides is 2. The van der Waals surface area contributed by atoms with Crippen LogP contribution in [0.5, 0.6) is 0 Å². The molecule has 0 aliphatic carbocycles. The first-order chi connectivity index (χ1) is 8.63. The molecule has 0 saturated carbocycles. The van der Waals surface area contributed by atoms with Gasteiger partial charge in [0.1, 0.15) is 11.8 Å². The van der Waals surface area contributed by atoms with E-state index in [0.29, 0.717) is 0 Å². The Kier molecular flexibility index (Phi) is 7.88. The van der Waals surface area contributed by atoms with E-state index in [9.17, 15) is 14.2 Å². The largest absolute Gasteiger partial charge is 0.347 e. The van der Waals surface area contributed by atoms with Gasteiger partial charge in [-0.15, -0.1) is 23.2 Å². The van der Waals surface area contributed by atoms with Crippen molar-refractivity contribution in [1.82, 2.24) is 10.6 Å². The first-order valence-corrected chi connectivity index (χ1v) is 7.92. The Balaban J connectivity index is 4.58. The average molecular weight is 336 g/mol. The van der Waals surface area contributed by atoms with Crippen LogP contribution in [0.4, 0.5) is 0 Å². The molecule has 0 unspecified atom stereocenters. The van der Waals surface area contributed by atoms with Gasteiger partial charge >= 0.3 is 7.60 Å². The third-order valence-electron chi connectivity index (χ3n) is 2.15. The molecule has 0 fully saturated rings. The van der Waals surface area contributed by atoms with Crippen LogP contribution in [-0.4, -0.2) is 51.2 Å². The Hall–Kier alpha value is -0.370. The average Bonchev–Trinajstić information content (AvgIpc) is 2.32. The summed E-state index contributed by atoms with van der Waals surface area (Å²) in [6.45, 7) is 1.14. The zero-order valence-electron chi connectivity index (χ0n) is 10.0. The normalized spacial score (nSPS) is 16.3. The lowest BCUT2D eigenvalue weighted by molar-refractivity contribution is -0.129. The minimum atomic E-state index is -4.45. The maximum atomic E-state index is 11.7. The number of hydrogen-bond acceptors (Lipinski definition) is 4. The minimum Gasteiger partial charge on any atom is -0.342 e. The Bertz CT molecular complexity index is 377. The van der Waals surface area contributed by atoms with E-state index in [2.05, 4.69) is 10.6 Å². The van der Waals surface area contributed by atoms with Crippen LogP contribution >= 0.6 is 30.8 Å². The number of amides is 2. The van der Waals surface area contributed by atoms with Crippen molar-refractivity contribution in [3.63, 3.8) is 0 Å². The topological polar surface area (TPSA) is 142 Å². The summed E-state index contributed by atoms with van der Waals surface area (Å²) in [5.41, 5.74) is 5.35. The van der Waals surface area contributed by atoms with Crippen LogP contribution < -0.4 is 16.4 Å². The van der Waals surface area contributed by atoms with Crippen LogP contribution in [0.25, 0.3) is 0 Å². The lowest BCUT2D eigenvalue weighted by atomic mass is 10.2. The van der Waals surface area contributed by atoms with Gasteiger partial charge in [0.05, 0.1) is 11.9 Å². The van der Waals surface area contributed by atoms with Crippen molar-refractivity contribution >= 4 is 42.6 Å². The molecule has 0 aliphatic heterocycles. The van der Waals surface area contributed by atoms with E-state index in [-0.39, 0.29) is 11.8 Å². The first kappa shape index (κ1) is 18.6. The highest BCUT2D eigenvalue weighted by Crippen LogP contribution is 2.39. The van der Waals surface area contributed by atoms with Crippen molar-refractivity contribution in [2.24, 2.45) is 5.73 Å². The molecule has 8 nitrogen and oxygen atoms in total. The summed E-state index contributed by atoms with van der Waals surface area (Å²) < 4.78 is 10.9. The van der Waals surface area contributed by atoms with Crippen LogP contribution in [0.2, 0.25) is 0 Å². The van der Waals surface area contributed by atoms with E-state index >= 15 is 0 Å². The molecule has 3 atom stereocenters. The highest BCUT2D eigenvalue weighted by molar-refractivity contribution is 7.52. The van der Waals surface area contributed by atoms with Crippen molar-refractivity contribution in [3.05, 3.63) is 0 Å². The molecule has 11 heteroatoms. The molecule has 0 aliphatic rings. The number of carbonyl (C=O) groups excluding carboxylic acids is 2. The Morgan fingerprint density at radius 2 is 1.74 bits per heavy atom. The van der Waals surface area contributed by atoms with Gasteiger partial charge in [-0.05, 0) is 6.92 Å². The summed E-state index contributed by atoms with van der Waals surface area (Å²) in [6, 6.07) is -2.16. The van der Waals surface area contributed by atoms with Gasteiger partial charge in [0, 0.05) is 5.88 Å². The van der Waals surface area contributed by atoms with Crippen LogP contribution in [0, 0.1) is 0 Å². The second kappa shape index (κ2) is 8.04. The first-order valence-electron chi connectivity index (χ1n) is 5.17. The molecule has 0 rings (SSSR count). The van der Waals surface area contributed by atoms with Crippen LogP contribution in [0.1, 0.15) is 6.92 Å². The van der Waals surface area contributed by atoms with Crippen molar-refractivity contribution < 1.29 is 23.9 Å². The lowest BCUT2D eigenvalue weighted by Gasteiger charge is -2.21. The third-order valence-corrected chi connectivity index (χ3v) is 3.93. The van der Waals surface area contributed by atoms with Gasteiger partial charge in [-0.2, -0.15) is 0 Å². The highest BCUT2D eigenvalue weighted by Gasteiger charge is 2.29. The second-order valence-corrected chi connectivity index (χ2v) is 6.32. The molecule has 112 valence electrons. The van der Waals surface area contributed by atoms with Gasteiger partial charge in [0.15, 0.2) is 0 Å². The molecule has 0 heterocycles. The highest BCUT2D eigenvalue weighted by atomic mass is 35.5. The molecule has 0 bridgehead atoms. The molecule has 0 aromatic rings. The monoisotopic (exact) mass is 335 g/mol. The molecule has 2 amide bonds. The smallest absolute Gasteiger partial charge is 0.342 e. The van der Waals surface area contributed by atoms with Gasteiger partial charge in [-0.25, -0.2) is 0 Å². The standard InChI is InChI=1S/C8H16Cl2N3O5P/c1-4(19(16,17)18)12-8(15)6(3-10)13-7(14)5(11)2-9/h4-6H,2-3,11H2,1H3,(H,12,15)(H,13,14)(H2,16,17,18)/t4-,5+,6+/m1/s1. The Labute approximate surface area is 120 Å². The summed E-state index contributed by atoms with van der Waals surface area (Å²) in [5, 5.41) is 4.29. The zero-order chi connectivity index (χ0) is 15.2. The molecule has 0 aromatic heterocycles. The van der Waals surface area contributed by atoms with Crippen molar-refractivity contribution in [2.75, 3.05) is 11.8 Å². The number of nitrogens with two attached hydrogens (primary N) is 1. The molecular weight excluding hydrogens is 320 g/mol. The fourth-order valence-electron chi connectivity index (χ4n) is 0.914. The van der Waals surface area contributed by atoms with E-state index in [1.807, 2.05) is 0 Å². The summed E-state index contributed by atoms with van der Waals surface area (Å²) in [5.74, 6) is -3.30. The van der Waals surface area contributed by atoms with E-state index < -0.39 is 37.3 Å². The lowest BCUT2D eigenvalue weighted by Crippen LogP contribution is -2.54. The Morgan fingerprint density at radius 1 is 1.21 bits per heavy atom. The maximum Gasteiger partial charge on any atom is 0.347 e.